The Kier molecular flexibility index (Phi) is 5.29. The van der Waals surface area contributed by atoms with Gasteiger partial charge in [-0.1, -0.05) is 78.9 Å². The molecule has 0 amide bonds. The van der Waals surface area contributed by atoms with Crippen LogP contribution in [0, 0.1) is 0 Å². The number of benzene rings is 3. The van der Waals surface area contributed by atoms with E-state index < -0.39 is 5.97 Å². The van der Waals surface area contributed by atoms with Gasteiger partial charge in [-0.3, -0.25) is 4.79 Å². The summed E-state index contributed by atoms with van der Waals surface area (Å²) in [7, 11) is 0. The van der Waals surface area contributed by atoms with Gasteiger partial charge in [0.2, 0.25) is 0 Å². The van der Waals surface area contributed by atoms with Gasteiger partial charge in [-0.25, -0.2) is 4.79 Å². The third-order valence-corrected chi connectivity index (χ3v) is 4.41. The number of hydrogen-bond acceptors (Lipinski definition) is 4. The van der Waals surface area contributed by atoms with Crippen molar-refractivity contribution >= 4 is 11.9 Å². The Bertz CT molecular complexity index is 1120. The predicted molar refractivity (Wildman–Crippen MR) is 109 cm³/mol. The van der Waals surface area contributed by atoms with Crippen LogP contribution in [0.5, 0.6) is 0 Å². The lowest BCUT2D eigenvalue weighted by Gasteiger charge is -2.07. The molecule has 142 valence electrons. The number of ether oxygens (including phenoxy) is 1. The standard InChI is InChI=1S/C24H18N2O3/c27-23(20-14-8-3-9-15-20)26-22(16-21(25-26)19-12-6-2-7-13-19)24(28)29-17-18-10-4-1-5-11-18/h1-16H,17H2. The van der Waals surface area contributed by atoms with E-state index in [4.69, 9.17) is 4.74 Å². The molecule has 0 bridgehead atoms. The molecule has 3 aromatic carbocycles. The number of carbonyl (C=O) groups is 2. The van der Waals surface area contributed by atoms with Crippen molar-refractivity contribution in [2.45, 2.75) is 6.61 Å². The zero-order valence-electron chi connectivity index (χ0n) is 15.6. The van der Waals surface area contributed by atoms with E-state index in [0.29, 0.717) is 11.3 Å². The Labute approximate surface area is 168 Å². The van der Waals surface area contributed by atoms with E-state index in [1.54, 1.807) is 30.3 Å². The van der Waals surface area contributed by atoms with Crippen LogP contribution in [-0.2, 0) is 11.3 Å². The monoisotopic (exact) mass is 382 g/mol. The van der Waals surface area contributed by atoms with Crippen molar-refractivity contribution in [1.29, 1.82) is 0 Å². The van der Waals surface area contributed by atoms with E-state index in [1.165, 1.54) is 0 Å². The molecule has 0 saturated heterocycles. The minimum atomic E-state index is -0.604. The smallest absolute Gasteiger partial charge is 0.357 e. The molecule has 0 spiro atoms. The molecule has 0 aliphatic carbocycles. The molecule has 4 rings (SSSR count). The summed E-state index contributed by atoms with van der Waals surface area (Å²) in [5.41, 5.74) is 2.73. The molecule has 0 aliphatic heterocycles. The number of carbonyl (C=O) groups excluding carboxylic acids is 2. The largest absolute Gasteiger partial charge is 0.456 e. The third-order valence-electron chi connectivity index (χ3n) is 4.41. The lowest BCUT2D eigenvalue weighted by molar-refractivity contribution is 0.0454. The lowest BCUT2D eigenvalue weighted by Crippen LogP contribution is -2.20. The number of aromatic nitrogens is 2. The maximum atomic E-state index is 13.0. The summed E-state index contributed by atoms with van der Waals surface area (Å²) in [5, 5.41) is 4.40. The second kappa shape index (κ2) is 8.35. The average molecular weight is 382 g/mol. The summed E-state index contributed by atoms with van der Waals surface area (Å²) in [5.74, 6) is -0.993. The molecule has 0 unspecified atom stereocenters. The molecular weight excluding hydrogens is 364 g/mol. The molecule has 1 heterocycles. The molecule has 1 aromatic heterocycles. The van der Waals surface area contributed by atoms with Gasteiger partial charge in [0.05, 0.1) is 5.69 Å². The summed E-state index contributed by atoms with van der Waals surface area (Å²) >= 11 is 0. The van der Waals surface area contributed by atoms with E-state index in [1.807, 2.05) is 66.7 Å². The van der Waals surface area contributed by atoms with Crippen LogP contribution in [0.3, 0.4) is 0 Å². The van der Waals surface area contributed by atoms with E-state index in [-0.39, 0.29) is 18.2 Å². The van der Waals surface area contributed by atoms with Crippen LogP contribution in [0.15, 0.2) is 97.1 Å². The highest BCUT2D eigenvalue weighted by atomic mass is 16.5. The van der Waals surface area contributed by atoms with Crippen molar-refractivity contribution in [2.24, 2.45) is 0 Å². The first-order chi connectivity index (χ1) is 14.2. The summed E-state index contributed by atoms with van der Waals surface area (Å²) in [4.78, 5) is 25.8. The summed E-state index contributed by atoms with van der Waals surface area (Å²) in [6.07, 6.45) is 0. The van der Waals surface area contributed by atoms with Gasteiger partial charge >= 0.3 is 5.97 Å². The molecule has 0 N–H and O–H groups in total. The van der Waals surface area contributed by atoms with Crippen LogP contribution in [0.4, 0.5) is 0 Å². The van der Waals surface area contributed by atoms with E-state index in [2.05, 4.69) is 5.10 Å². The topological polar surface area (TPSA) is 61.2 Å². The zero-order chi connectivity index (χ0) is 20.1. The Morgan fingerprint density at radius 3 is 2.03 bits per heavy atom. The highest BCUT2D eigenvalue weighted by Gasteiger charge is 2.23. The highest BCUT2D eigenvalue weighted by Crippen LogP contribution is 2.21. The maximum absolute atomic E-state index is 13.0. The second-order valence-electron chi connectivity index (χ2n) is 6.43. The molecule has 0 radical (unpaired) electrons. The summed E-state index contributed by atoms with van der Waals surface area (Å²) in [6, 6.07) is 29.1. The predicted octanol–water partition coefficient (Wildman–Crippen LogP) is 4.60. The molecule has 4 aromatic rings. The molecule has 0 saturated carbocycles. The molecule has 5 nitrogen and oxygen atoms in total. The Morgan fingerprint density at radius 1 is 0.793 bits per heavy atom. The van der Waals surface area contributed by atoms with Crippen LogP contribution in [0.2, 0.25) is 0 Å². The first kappa shape index (κ1) is 18.4. The highest BCUT2D eigenvalue weighted by molar-refractivity contribution is 6.01. The molecular formula is C24H18N2O3. The quantitative estimate of drug-likeness (QED) is 0.474. The second-order valence-corrected chi connectivity index (χ2v) is 6.43. The number of hydrogen-bond donors (Lipinski definition) is 0. The van der Waals surface area contributed by atoms with Crippen molar-refractivity contribution in [3.05, 3.63) is 114 Å². The maximum Gasteiger partial charge on any atom is 0.357 e. The lowest BCUT2D eigenvalue weighted by atomic mass is 10.1. The SMILES string of the molecule is O=C(OCc1ccccc1)c1cc(-c2ccccc2)nn1C(=O)c1ccccc1. The Morgan fingerprint density at radius 2 is 1.38 bits per heavy atom. The van der Waals surface area contributed by atoms with Gasteiger partial charge in [0.25, 0.3) is 5.91 Å². The van der Waals surface area contributed by atoms with Crippen molar-refractivity contribution in [1.82, 2.24) is 9.78 Å². The van der Waals surface area contributed by atoms with Crippen molar-refractivity contribution in [2.75, 3.05) is 0 Å². The van der Waals surface area contributed by atoms with Gasteiger partial charge in [-0.2, -0.15) is 9.78 Å². The van der Waals surface area contributed by atoms with Gasteiger partial charge in [0.1, 0.15) is 6.61 Å². The van der Waals surface area contributed by atoms with Crippen LogP contribution in [0.1, 0.15) is 26.4 Å². The van der Waals surface area contributed by atoms with Crippen LogP contribution in [0.25, 0.3) is 11.3 Å². The third kappa shape index (κ3) is 4.14. The van der Waals surface area contributed by atoms with Crippen molar-refractivity contribution in [3.63, 3.8) is 0 Å². The van der Waals surface area contributed by atoms with Gasteiger partial charge in [-0.15, -0.1) is 0 Å². The summed E-state index contributed by atoms with van der Waals surface area (Å²) < 4.78 is 6.55. The fraction of sp³-hybridized carbons (Fsp3) is 0.0417. The molecule has 0 fully saturated rings. The normalized spacial score (nSPS) is 10.5. The van der Waals surface area contributed by atoms with Gasteiger partial charge in [0.15, 0.2) is 5.69 Å². The van der Waals surface area contributed by atoms with Gasteiger partial charge < -0.3 is 4.74 Å². The molecule has 29 heavy (non-hydrogen) atoms. The minimum absolute atomic E-state index is 0.0913. The zero-order valence-corrected chi connectivity index (χ0v) is 15.6. The minimum Gasteiger partial charge on any atom is -0.456 e. The molecule has 5 heteroatoms. The number of esters is 1. The van der Waals surface area contributed by atoms with Crippen molar-refractivity contribution in [3.8, 4) is 11.3 Å². The van der Waals surface area contributed by atoms with Crippen LogP contribution < -0.4 is 0 Å². The molecule has 0 aliphatic rings. The molecule has 0 atom stereocenters. The first-order valence-corrected chi connectivity index (χ1v) is 9.18. The van der Waals surface area contributed by atoms with E-state index in [9.17, 15) is 9.59 Å². The van der Waals surface area contributed by atoms with E-state index in [0.717, 1.165) is 15.8 Å². The Balaban J connectivity index is 1.68. The number of nitrogens with zero attached hydrogens (tertiary/aromatic N) is 2. The first-order valence-electron chi connectivity index (χ1n) is 9.18. The van der Waals surface area contributed by atoms with Crippen LogP contribution in [-0.4, -0.2) is 21.7 Å². The van der Waals surface area contributed by atoms with Crippen LogP contribution >= 0.6 is 0 Å². The average Bonchev–Trinajstić information content (AvgIpc) is 3.24. The van der Waals surface area contributed by atoms with Crippen molar-refractivity contribution < 1.29 is 14.3 Å². The fourth-order valence-electron chi connectivity index (χ4n) is 2.93. The number of rotatable bonds is 5. The summed E-state index contributed by atoms with van der Waals surface area (Å²) in [6.45, 7) is 0.116. The Hall–Kier alpha value is -3.99. The van der Waals surface area contributed by atoms with E-state index >= 15 is 0 Å². The van der Waals surface area contributed by atoms with Gasteiger partial charge in [-0.05, 0) is 23.8 Å². The fourth-order valence-corrected chi connectivity index (χ4v) is 2.93. The van der Waals surface area contributed by atoms with Gasteiger partial charge in [0, 0.05) is 11.1 Å².